The highest BCUT2D eigenvalue weighted by Crippen LogP contribution is 2.24. The minimum atomic E-state index is -0.145. The Morgan fingerprint density at radius 3 is 2.85 bits per heavy atom. The van der Waals surface area contributed by atoms with Crippen molar-refractivity contribution in [2.75, 3.05) is 0 Å². The number of aryl methyl sites for hydroxylation is 3. The summed E-state index contributed by atoms with van der Waals surface area (Å²) >= 11 is 0. The third kappa shape index (κ3) is 3.61. The lowest BCUT2D eigenvalue weighted by atomic mass is 10.1. The maximum Gasteiger partial charge on any atom is 0.253 e. The van der Waals surface area contributed by atoms with E-state index in [1.54, 1.807) is 12.5 Å². The maximum atomic E-state index is 13.1. The third-order valence-electron chi connectivity index (χ3n) is 6.40. The molecule has 6 rings (SSSR count). The number of aromatic nitrogens is 6. The lowest BCUT2D eigenvalue weighted by Crippen LogP contribution is -2.23. The van der Waals surface area contributed by atoms with Crippen LogP contribution in [0, 0.1) is 6.92 Å². The van der Waals surface area contributed by atoms with Crippen molar-refractivity contribution in [3.8, 4) is 5.82 Å². The van der Waals surface area contributed by atoms with Gasteiger partial charge < -0.3 is 9.88 Å². The van der Waals surface area contributed by atoms with E-state index in [-0.39, 0.29) is 5.91 Å². The largest absolute Gasteiger partial charge is 0.348 e. The number of hydrogen-bond acceptors (Lipinski definition) is 5. The minimum absolute atomic E-state index is 0.145. The molecule has 34 heavy (non-hydrogen) atoms. The van der Waals surface area contributed by atoms with Crippen molar-refractivity contribution in [3.63, 3.8) is 0 Å². The number of rotatable bonds is 4. The van der Waals surface area contributed by atoms with Gasteiger partial charge in [-0.3, -0.25) is 9.36 Å². The summed E-state index contributed by atoms with van der Waals surface area (Å²) in [5, 5.41) is 3.04. The number of para-hydroxylation sites is 2. The van der Waals surface area contributed by atoms with Gasteiger partial charge in [-0.2, -0.15) is 0 Å². The van der Waals surface area contributed by atoms with Crippen molar-refractivity contribution in [1.82, 2.24) is 34.4 Å². The van der Waals surface area contributed by atoms with E-state index in [1.807, 2.05) is 54.0 Å². The Morgan fingerprint density at radius 2 is 1.97 bits per heavy atom. The molecule has 1 aliphatic heterocycles. The number of hydrogen-bond donors (Lipinski definition) is 1. The van der Waals surface area contributed by atoms with Gasteiger partial charge in [0.05, 0.1) is 16.6 Å². The number of nitrogens with one attached hydrogen (secondary N) is 1. The molecule has 170 valence electrons. The predicted octanol–water partition coefficient (Wildman–Crippen LogP) is 4.13. The quantitative estimate of drug-likeness (QED) is 0.444. The van der Waals surface area contributed by atoms with Crippen molar-refractivity contribution in [3.05, 3.63) is 77.6 Å². The van der Waals surface area contributed by atoms with Gasteiger partial charge in [-0.05, 0) is 49.6 Å². The summed E-state index contributed by atoms with van der Waals surface area (Å²) in [4.78, 5) is 31.7. The van der Waals surface area contributed by atoms with Crippen LogP contribution in [0.4, 0.5) is 0 Å². The van der Waals surface area contributed by atoms with Gasteiger partial charge in [0.1, 0.15) is 23.5 Å². The Balaban J connectivity index is 1.22. The van der Waals surface area contributed by atoms with Crippen molar-refractivity contribution in [2.45, 2.75) is 45.7 Å². The molecule has 0 saturated carbocycles. The number of pyridine rings is 2. The molecule has 0 bridgehead atoms. The Labute approximate surface area is 196 Å². The average Bonchev–Trinajstić information content (AvgIpc) is 3.35. The normalized spacial score (nSPS) is 13.7. The topological polar surface area (TPSA) is 90.5 Å². The molecule has 5 heterocycles. The zero-order chi connectivity index (χ0) is 23.1. The van der Waals surface area contributed by atoms with Crippen molar-refractivity contribution in [1.29, 1.82) is 0 Å². The smallest absolute Gasteiger partial charge is 0.253 e. The zero-order valence-corrected chi connectivity index (χ0v) is 19.0. The van der Waals surface area contributed by atoms with Crippen LogP contribution in [0.15, 0.2) is 55.0 Å². The van der Waals surface area contributed by atoms with Gasteiger partial charge in [-0.15, -0.1) is 0 Å². The first kappa shape index (κ1) is 20.5. The second-order valence-corrected chi connectivity index (χ2v) is 8.78. The Morgan fingerprint density at radius 1 is 1.06 bits per heavy atom. The van der Waals surface area contributed by atoms with Crippen LogP contribution in [0.5, 0.6) is 0 Å². The number of benzene rings is 1. The number of nitrogens with zero attached hydrogens (tertiary/aromatic N) is 6. The number of amides is 1. The molecule has 1 N–H and O–H groups in total. The monoisotopic (exact) mass is 451 g/mol. The fraction of sp³-hybridized carbons (Fsp3) is 0.269. The van der Waals surface area contributed by atoms with Crippen LogP contribution < -0.4 is 5.32 Å². The van der Waals surface area contributed by atoms with Crippen LogP contribution in [0.25, 0.3) is 28.0 Å². The number of imidazole rings is 2. The van der Waals surface area contributed by atoms with Gasteiger partial charge >= 0.3 is 0 Å². The van der Waals surface area contributed by atoms with E-state index >= 15 is 0 Å². The third-order valence-corrected chi connectivity index (χ3v) is 6.40. The van der Waals surface area contributed by atoms with Crippen LogP contribution in [0.3, 0.4) is 0 Å². The van der Waals surface area contributed by atoms with Gasteiger partial charge in [0.2, 0.25) is 0 Å². The molecule has 0 atom stereocenters. The predicted molar refractivity (Wildman–Crippen MR) is 130 cm³/mol. The van der Waals surface area contributed by atoms with E-state index in [4.69, 9.17) is 9.97 Å². The summed E-state index contributed by atoms with van der Waals surface area (Å²) in [5.41, 5.74) is 5.77. The second kappa shape index (κ2) is 8.37. The zero-order valence-electron chi connectivity index (χ0n) is 19.0. The van der Waals surface area contributed by atoms with Crippen LogP contribution >= 0.6 is 0 Å². The fourth-order valence-electron chi connectivity index (χ4n) is 4.67. The Bertz CT molecular complexity index is 1510. The molecule has 0 saturated heterocycles. The summed E-state index contributed by atoms with van der Waals surface area (Å²) < 4.78 is 4.14. The van der Waals surface area contributed by atoms with Gasteiger partial charge in [-0.1, -0.05) is 24.6 Å². The second-order valence-electron chi connectivity index (χ2n) is 8.78. The molecule has 1 aliphatic rings. The van der Waals surface area contributed by atoms with E-state index in [0.717, 1.165) is 65.4 Å². The minimum Gasteiger partial charge on any atom is -0.348 e. The SMILES string of the molecule is Cc1cc(C(=O)NCc2ccc(-n3cnc4ccccc43)nc2)c2nc3n(c2n1)CCCCC3. The standard InChI is InChI=1S/C26H25N7O/c1-17-13-19(24-25(30-17)32-12-6-2-3-9-23(32)31-24)26(34)28-15-18-10-11-22(27-14-18)33-16-29-20-7-4-5-8-21(20)33/h4-5,7-8,10-11,13-14,16H,2-3,6,9,12,15H2,1H3,(H,28,34). The molecule has 1 amide bonds. The first-order valence-electron chi connectivity index (χ1n) is 11.7. The summed E-state index contributed by atoms with van der Waals surface area (Å²) in [6.45, 7) is 3.22. The number of fused-ring (bicyclic) bond motifs is 4. The van der Waals surface area contributed by atoms with Crippen molar-refractivity contribution in [2.24, 2.45) is 0 Å². The summed E-state index contributed by atoms with van der Waals surface area (Å²) in [6, 6.07) is 13.7. The Kier molecular flexibility index (Phi) is 5.05. The average molecular weight is 452 g/mol. The summed E-state index contributed by atoms with van der Waals surface area (Å²) in [6.07, 6.45) is 7.94. The molecule has 8 nitrogen and oxygen atoms in total. The van der Waals surface area contributed by atoms with E-state index in [9.17, 15) is 4.79 Å². The molecule has 0 unspecified atom stereocenters. The van der Waals surface area contributed by atoms with E-state index in [1.165, 1.54) is 6.42 Å². The number of carbonyl (C=O) groups excluding carboxylic acids is 1. The van der Waals surface area contributed by atoms with Crippen LogP contribution in [0.1, 0.15) is 46.7 Å². The molecule has 0 aliphatic carbocycles. The molecular formula is C26H25N7O. The molecule has 8 heteroatoms. The van der Waals surface area contributed by atoms with E-state index < -0.39 is 0 Å². The highest BCUT2D eigenvalue weighted by Gasteiger charge is 2.20. The maximum absolute atomic E-state index is 13.1. The molecule has 0 radical (unpaired) electrons. The van der Waals surface area contributed by atoms with E-state index in [0.29, 0.717) is 17.6 Å². The highest BCUT2D eigenvalue weighted by molar-refractivity contribution is 6.04. The number of carbonyl (C=O) groups is 1. The van der Waals surface area contributed by atoms with Gasteiger partial charge in [0.15, 0.2) is 5.65 Å². The van der Waals surface area contributed by atoms with Crippen LogP contribution in [-0.2, 0) is 19.5 Å². The molecule has 4 aromatic heterocycles. The molecular weight excluding hydrogens is 426 g/mol. The first-order valence-corrected chi connectivity index (χ1v) is 11.7. The van der Waals surface area contributed by atoms with Gasteiger partial charge in [-0.25, -0.2) is 19.9 Å². The molecule has 0 spiro atoms. The van der Waals surface area contributed by atoms with Crippen LogP contribution in [0.2, 0.25) is 0 Å². The molecule has 1 aromatic carbocycles. The Hall–Kier alpha value is -4.07. The summed E-state index contributed by atoms with van der Waals surface area (Å²) in [5.74, 6) is 1.68. The lowest BCUT2D eigenvalue weighted by molar-refractivity contribution is 0.0952. The van der Waals surface area contributed by atoms with Crippen molar-refractivity contribution >= 4 is 28.1 Å². The first-order chi connectivity index (χ1) is 16.7. The lowest BCUT2D eigenvalue weighted by Gasteiger charge is -2.09. The van der Waals surface area contributed by atoms with Crippen LogP contribution in [-0.4, -0.2) is 35.0 Å². The van der Waals surface area contributed by atoms with Crippen molar-refractivity contribution < 1.29 is 4.79 Å². The van der Waals surface area contributed by atoms with E-state index in [2.05, 4.69) is 19.9 Å². The fourth-order valence-corrected chi connectivity index (χ4v) is 4.67. The molecule has 5 aromatic rings. The summed E-state index contributed by atoms with van der Waals surface area (Å²) in [7, 11) is 0. The van der Waals surface area contributed by atoms with Gasteiger partial charge in [0, 0.05) is 31.4 Å². The molecule has 0 fully saturated rings. The van der Waals surface area contributed by atoms with Gasteiger partial charge in [0.25, 0.3) is 5.91 Å². The highest BCUT2D eigenvalue weighted by atomic mass is 16.1.